The zero-order valence-corrected chi connectivity index (χ0v) is 12.1. The van der Waals surface area contributed by atoms with Crippen molar-refractivity contribution in [2.24, 2.45) is 0 Å². The molecule has 18 heavy (non-hydrogen) atoms. The molecule has 3 nitrogen and oxygen atoms in total. The molecule has 4 heteroatoms. The van der Waals surface area contributed by atoms with Gasteiger partial charge in [-0.2, -0.15) is 0 Å². The lowest BCUT2D eigenvalue weighted by atomic mass is 10.2. The summed E-state index contributed by atoms with van der Waals surface area (Å²) in [5, 5.41) is -0.376. The fourth-order valence-electron chi connectivity index (χ4n) is 1.96. The minimum absolute atomic E-state index is 0.156. The quantitative estimate of drug-likeness (QED) is 0.846. The third-order valence-corrected chi connectivity index (χ3v) is 5.15. The van der Waals surface area contributed by atoms with Crippen molar-refractivity contribution in [3.05, 3.63) is 29.8 Å². The summed E-state index contributed by atoms with van der Waals surface area (Å²) >= 11 is 0. The van der Waals surface area contributed by atoms with Crippen molar-refractivity contribution in [3.63, 3.8) is 0 Å². The summed E-state index contributed by atoms with van der Waals surface area (Å²) in [7, 11) is -3.23. The Bertz CT molecular complexity index is 523. The predicted molar refractivity (Wildman–Crippen MR) is 71.4 cm³/mol. The second kappa shape index (κ2) is 4.35. The molecule has 0 spiro atoms. The predicted octanol–water partition coefficient (Wildman–Crippen LogP) is 2.72. The van der Waals surface area contributed by atoms with Crippen LogP contribution in [0.25, 0.3) is 0 Å². The van der Waals surface area contributed by atoms with Crippen LogP contribution in [0.1, 0.15) is 32.8 Å². The van der Waals surface area contributed by atoms with Crippen molar-refractivity contribution in [2.75, 3.05) is 0 Å². The van der Waals surface area contributed by atoms with E-state index in [9.17, 15) is 8.42 Å². The molecule has 0 heterocycles. The van der Waals surface area contributed by atoms with E-state index in [2.05, 4.69) is 0 Å². The molecule has 1 aliphatic rings. The summed E-state index contributed by atoms with van der Waals surface area (Å²) in [6, 6.07) is 7.01. The lowest BCUT2D eigenvalue weighted by Crippen LogP contribution is -2.23. The van der Waals surface area contributed by atoms with Gasteiger partial charge in [-0.3, -0.25) is 0 Å². The molecule has 0 aliphatic heterocycles. The van der Waals surface area contributed by atoms with Crippen LogP contribution in [0.15, 0.2) is 29.2 Å². The number of aryl methyl sites for hydroxylation is 1. The van der Waals surface area contributed by atoms with Crippen LogP contribution in [0.4, 0.5) is 0 Å². The molecule has 0 unspecified atom stereocenters. The van der Waals surface area contributed by atoms with Crippen LogP contribution >= 0.6 is 0 Å². The summed E-state index contributed by atoms with van der Waals surface area (Å²) in [6.07, 6.45) is 0.448. The standard InChI is InChI=1S/C14H20O3S/c1-10-5-7-11(8-6-10)18(15,16)13-9-12(13)17-14(2,3)4/h5-8,12-13H,9H2,1-4H3/t12-,13-/m1/s1. The van der Waals surface area contributed by atoms with Gasteiger partial charge in [0.1, 0.15) is 0 Å². The van der Waals surface area contributed by atoms with Gasteiger partial charge < -0.3 is 4.74 Å². The molecule has 0 bridgehead atoms. The highest BCUT2D eigenvalue weighted by Gasteiger charge is 2.50. The number of rotatable bonds is 3. The summed E-state index contributed by atoms with van der Waals surface area (Å²) in [5.74, 6) is 0. The molecule has 2 atom stereocenters. The summed E-state index contributed by atoms with van der Waals surface area (Å²) in [6.45, 7) is 7.78. The van der Waals surface area contributed by atoms with Gasteiger partial charge in [-0.25, -0.2) is 8.42 Å². The highest BCUT2D eigenvalue weighted by atomic mass is 32.2. The lowest BCUT2D eigenvalue weighted by molar-refractivity contribution is -0.0146. The molecule has 100 valence electrons. The van der Waals surface area contributed by atoms with Gasteiger partial charge in [0.2, 0.25) is 0 Å². The molecule has 1 aliphatic carbocycles. The van der Waals surface area contributed by atoms with Crippen molar-refractivity contribution < 1.29 is 13.2 Å². The fourth-order valence-corrected chi connectivity index (χ4v) is 3.72. The topological polar surface area (TPSA) is 43.4 Å². The van der Waals surface area contributed by atoms with Gasteiger partial charge >= 0.3 is 0 Å². The minimum atomic E-state index is -3.23. The zero-order valence-electron chi connectivity index (χ0n) is 11.3. The molecule has 1 fully saturated rings. The molecule has 0 N–H and O–H groups in total. The first-order valence-corrected chi connectivity index (χ1v) is 7.73. The highest BCUT2D eigenvalue weighted by molar-refractivity contribution is 7.92. The Morgan fingerprint density at radius 3 is 2.22 bits per heavy atom. The molecule has 1 aromatic carbocycles. The van der Waals surface area contributed by atoms with E-state index in [4.69, 9.17) is 4.74 Å². The molecule has 0 aromatic heterocycles. The Kier molecular flexibility index (Phi) is 3.28. The average molecular weight is 268 g/mol. The van der Waals surface area contributed by atoms with Crippen LogP contribution in [0, 0.1) is 6.92 Å². The monoisotopic (exact) mass is 268 g/mol. The highest BCUT2D eigenvalue weighted by Crippen LogP contribution is 2.39. The van der Waals surface area contributed by atoms with Crippen molar-refractivity contribution in [2.45, 2.75) is 56.0 Å². The molecular formula is C14H20O3S. The second-order valence-electron chi connectivity index (χ2n) is 5.90. The van der Waals surface area contributed by atoms with Gasteiger partial charge in [0.05, 0.1) is 21.9 Å². The number of hydrogen-bond donors (Lipinski definition) is 0. The maximum absolute atomic E-state index is 12.3. The van der Waals surface area contributed by atoms with E-state index in [-0.39, 0.29) is 17.0 Å². The van der Waals surface area contributed by atoms with Crippen molar-refractivity contribution in [1.82, 2.24) is 0 Å². The number of sulfone groups is 1. The minimum Gasteiger partial charge on any atom is -0.371 e. The molecular weight excluding hydrogens is 248 g/mol. The van der Waals surface area contributed by atoms with Crippen LogP contribution in [0.2, 0.25) is 0 Å². The summed E-state index contributed by atoms with van der Waals surface area (Å²) in [4.78, 5) is 0.401. The van der Waals surface area contributed by atoms with E-state index in [0.717, 1.165) is 5.56 Å². The first kappa shape index (κ1) is 13.6. The SMILES string of the molecule is Cc1ccc(S(=O)(=O)[C@@H]2C[C@H]2OC(C)(C)C)cc1. The normalized spacial score (nSPS) is 24.0. The van der Waals surface area contributed by atoms with Gasteiger partial charge in [-0.15, -0.1) is 0 Å². The first-order valence-electron chi connectivity index (χ1n) is 6.18. The van der Waals surface area contributed by atoms with E-state index in [1.54, 1.807) is 12.1 Å². The van der Waals surface area contributed by atoms with Gasteiger partial charge in [0, 0.05) is 0 Å². The van der Waals surface area contributed by atoms with E-state index in [1.165, 1.54) is 0 Å². The molecule has 1 aromatic rings. The molecule has 2 rings (SSSR count). The Balaban J connectivity index is 2.13. The molecule has 0 amide bonds. The van der Waals surface area contributed by atoms with E-state index in [1.807, 2.05) is 39.8 Å². The van der Waals surface area contributed by atoms with Crippen LogP contribution in [-0.4, -0.2) is 25.4 Å². The summed E-state index contributed by atoms with van der Waals surface area (Å²) < 4.78 is 30.4. The first-order chi connectivity index (χ1) is 8.20. The molecule has 0 radical (unpaired) electrons. The van der Waals surface area contributed by atoms with Crippen LogP contribution < -0.4 is 0 Å². The number of ether oxygens (including phenoxy) is 1. The lowest BCUT2D eigenvalue weighted by Gasteiger charge is -2.19. The molecule has 1 saturated carbocycles. The number of hydrogen-bond acceptors (Lipinski definition) is 3. The third-order valence-electron chi connectivity index (χ3n) is 2.93. The third kappa shape index (κ3) is 2.93. The Morgan fingerprint density at radius 2 is 1.72 bits per heavy atom. The van der Waals surface area contributed by atoms with Crippen LogP contribution in [0.5, 0.6) is 0 Å². The fraction of sp³-hybridized carbons (Fsp3) is 0.571. The van der Waals surface area contributed by atoms with E-state index < -0.39 is 9.84 Å². The Hall–Kier alpha value is -0.870. The van der Waals surface area contributed by atoms with E-state index >= 15 is 0 Å². The van der Waals surface area contributed by atoms with Gasteiger partial charge in [-0.1, -0.05) is 17.7 Å². The Labute approximate surface area is 109 Å². The second-order valence-corrected chi connectivity index (χ2v) is 8.07. The molecule has 0 saturated heterocycles. The van der Waals surface area contributed by atoms with Crippen molar-refractivity contribution in [3.8, 4) is 0 Å². The van der Waals surface area contributed by atoms with Crippen molar-refractivity contribution >= 4 is 9.84 Å². The zero-order chi connectivity index (χ0) is 13.6. The summed E-state index contributed by atoms with van der Waals surface area (Å²) in [5.41, 5.74) is 0.773. The van der Waals surface area contributed by atoms with Crippen molar-refractivity contribution in [1.29, 1.82) is 0 Å². The Morgan fingerprint density at radius 1 is 1.17 bits per heavy atom. The van der Waals surface area contributed by atoms with Gasteiger partial charge in [0.15, 0.2) is 9.84 Å². The maximum atomic E-state index is 12.3. The van der Waals surface area contributed by atoms with Crippen LogP contribution in [0.3, 0.4) is 0 Å². The van der Waals surface area contributed by atoms with Gasteiger partial charge in [0.25, 0.3) is 0 Å². The maximum Gasteiger partial charge on any atom is 0.183 e. The number of benzene rings is 1. The van der Waals surface area contributed by atoms with Gasteiger partial charge in [-0.05, 0) is 46.2 Å². The van der Waals surface area contributed by atoms with Crippen LogP contribution in [-0.2, 0) is 14.6 Å². The smallest absolute Gasteiger partial charge is 0.183 e. The van der Waals surface area contributed by atoms with E-state index in [0.29, 0.717) is 11.3 Å². The average Bonchev–Trinajstić information content (AvgIpc) is 2.95. The largest absolute Gasteiger partial charge is 0.371 e.